The second-order valence-corrected chi connectivity index (χ2v) is 5.70. The van der Waals surface area contributed by atoms with E-state index in [1.54, 1.807) is 4.44 Å². The SMILES string of the molecule is C=CCc1cc2cc(C)ccc2[se]1. The van der Waals surface area contributed by atoms with Gasteiger partial charge in [0.1, 0.15) is 0 Å². The van der Waals surface area contributed by atoms with Crippen LogP contribution in [0.5, 0.6) is 0 Å². The summed E-state index contributed by atoms with van der Waals surface area (Å²) in [7, 11) is 0. The van der Waals surface area contributed by atoms with Crippen LogP contribution in [0.4, 0.5) is 0 Å². The molecule has 0 bridgehead atoms. The molecular formula is C12H12Se. The van der Waals surface area contributed by atoms with Crippen molar-refractivity contribution in [2.24, 2.45) is 0 Å². The van der Waals surface area contributed by atoms with Crippen LogP contribution >= 0.6 is 0 Å². The van der Waals surface area contributed by atoms with Crippen LogP contribution in [0.2, 0.25) is 0 Å². The van der Waals surface area contributed by atoms with Crippen molar-refractivity contribution in [1.82, 2.24) is 0 Å². The predicted molar refractivity (Wildman–Crippen MR) is 59.5 cm³/mol. The summed E-state index contributed by atoms with van der Waals surface area (Å²) in [6, 6.07) is 9.06. The van der Waals surface area contributed by atoms with Crippen LogP contribution in [-0.4, -0.2) is 14.5 Å². The van der Waals surface area contributed by atoms with Crippen LogP contribution in [0.15, 0.2) is 36.9 Å². The number of benzene rings is 1. The van der Waals surface area contributed by atoms with Crippen molar-refractivity contribution in [2.45, 2.75) is 13.3 Å². The van der Waals surface area contributed by atoms with Crippen molar-refractivity contribution in [1.29, 1.82) is 0 Å². The van der Waals surface area contributed by atoms with Gasteiger partial charge in [-0.3, -0.25) is 0 Å². The van der Waals surface area contributed by atoms with Gasteiger partial charge in [0.05, 0.1) is 0 Å². The Kier molecular flexibility index (Phi) is 2.39. The first-order valence-electron chi connectivity index (χ1n) is 4.39. The number of fused-ring (bicyclic) bond motifs is 1. The molecule has 66 valence electrons. The molecule has 0 fully saturated rings. The van der Waals surface area contributed by atoms with E-state index >= 15 is 0 Å². The van der Waals surface area contributed by atoms with E-state index < -0.39 is 0 Å². The average molecular weight is 235 g/mol. The first kappa shape index (κ1) is 8.80. The van der Waals surface area contributed by atoms with Gasteiger partial charge in [0, 0.05) is 0 Å². The Labute approximate surface area is 84.6 Å². The fraction of sp³-hybridized carbons (Fsp3) is 0.167. The van der Waals surface area contributed by atoms with Crippen molar-refractivity contribution >= 4 is 24.1 Å². The van der Waals surface area contributed by atoms with E-state index in [-0.39, 0.29) is 0 Å². The normalized spacial score (nSPS) is 10.5. The second kappa shape index (κ2) is 3.53. The van der Waals surface area contributed by atoms with Crippen LogP contribution in [0.25, 0.3) is 9.65 Å². The first-order valence-corrected chi connectivity index (χ1v) is 6.11. The van der Waals surface area contributed by atoms with Gasteiger partial charge in [0.25, 0.3) is 0 Å². The van der Waals surface area contributed by atoms with E-state index in [9.17, 15) is 0 Å². The van der Waals surface area contributed by atoms with Crippen molar-refractivity contribution in [3.63, 3.8) is 0 Å². The Morgan fingerprint density at radius 1 is 1.38 bits per heavy atom. The van der Waals surface area contributed by atoms with Crippen LogP contribution in [0, 0.1) is 6.92 Å². The molecule has 1 heterocycles. The summed E-state index contributed by atoms with van der Waals surface area (Å²) in [5.41, 5.74) is 1.35. The van der Waals surface area contributed by atoms with Gasteiger partial charge in [0.15, 0.2) is 0 Å². The summed E-state index contributed by atoms with van der Waals surface area (Å²) in [4.78, 5) is 0. The molecule has 1 heteroatoms. The van der Waals surface area contributed by atoms with Gasteiger partial charge < -0.3 is 0 Å². The molecule has 0 aliphatic rings. The zero-order valence-corrected chi connectivity index (χ0v) is 9.42. The molecule has 2 aromatic rings. The van der Waals surface area contributed by atoms with E-state index in [4.69, 9.17) is 0 Å². The van der Waals surface area contributed by atoms with Gasteiger partial charge in [-0.2, -0.15) is 0 Å². The molecule has 0 aliphatic heterocycles. The predicted octanol–water partition coefficient (Wildman–Crippen LogP) is 2.93. The molecule has 0 amide bonds. The Bertz CT molecular complexity index is 437. The molecule has 1 aromatic carbocycles. The maximum atomic E-state index is 3.77. The third-order valence-electron chi connectivity index (χ3n) is 2.07. The van der Waals surface area contributed by atoms with Gasteiger partial charge in [-0.1, -0.05) is 0 Å². The Morgan fingerprint density at radius 2 is 2.23 bits per heavy atom. The van der Waals surface area contributed by atoms with Crippen molar-refractivity contribution < 1.29 is 0 Å². The first-order chi connectivity index (χ1) is 6.29. The molecule has 0 unspecified atom stereocenters. The molecule has 2 rings (SSSR count). The fourth-order valence-electron chi connectivity index (χ4n) is 1.46. The number of rotatable bonds is 2. The number of hydrogen-bond acceptors (Lipinski definition) is 0. The van der Waals surface area contributed by atoms with Crippen molar-refractivity contribution in [3.05, 3.63) is 46.9 Å². The second-order valence-electron chi connectivity index (χ2n) is 3.25. The molecule has 0 saturated heterocycles. The Morgan fingerprint density at radius 3 is 3.00 bits per heavy atom. The fourth-order valence-corrected chi connectivity index (χ4v) is 3.65. The molecule has 13 heavy (non-hydrogen) atoms. The maximum absolute atomic E-state index is 3.77. The third kappa shape index (κ3) is 1.77. The minimum absolute atomic E-state index is 0.553. The molecule has 0 atom stereocenters. The molecule has 0 aliphatic carbocycles. The van der Waals surface area contributed by atoms with Crippen LogP contribution in [0.1, 0.15) is 10.0 Å². The van der Waals surface area contributed by atoms with Crippen LogP contribution in [-0.2, 0) is 6.42 Å². The molecule has 0 saturated carbocycles. The summed E-state index contributed by atoms with van der Waals surface area (Å²) in [6.45, 7) is 5.92. The number of hydrogen-bond donors (Lipinski definition) is 0. The molecule has 0 nitrogen and oxygen atoms in total. The summed E-state index contributed by atoms with van der Waals surface area (Å²) in [6.07, 6.45) is 3.04. The van der Waals surface area contributed by atoms with Crippen molar-refractivity contribution in [2.75, 3.05) is 0 Å². The zero-order chi connectivity index (χ0) is 9.26. The summed E-state index contributed by atoms with van der Waals surface area (Å²) in [5.74, 6) is 0. The van der Waals surface area contributed by atoms with Crippen LogP contribution in [0.3, 0.4) is 0 Å². The molecule has 1 aromatic heterocycles. The third-order valence-corrected chi connectivity index (χ3v) is 4.46. The number of aryl methyl sites for hydroxylation is 1. The average Bonchev–Trinajstić information content (AvgIpc) is 2.46. The molecule has 0 N–H and O–H groups in total. The van der Waals surface area contributed by atoms with Gasteiger partial charge in [-0.05, 0) is 0 Å². The van der Waals surface area contributed by atoms with Crippen LogP contribution < -0.4 is 0 Å². The summed E-state index contributed by atoms with van der Waals surface area (Å²) >= 11 is 0.553. The van der Waals surface area contributed by atoms with Gasteiger partial charge >= 0.3 is 84.4 Å². The minimum atomic E-state index is 0.553. The topological polar surface area (TPSA) is 0 Å². The molecular weight excluding hydrogens is 223 g/mol. The monoisotopic (exact) mass is 236 g/mol. The van der Waals surface area contributed by atoms with Gasteiger partial charge in [-0.15, -0.1) is 0 Å². The van der Waals surface area contributed by atoms with E-state index in [1.807, 2.05) is 6.08 Å². The van der Waals surface area contributed by atoms with Gasteiger partial charge in [0.2, 0.25) is 0 Å². The van der Waals surface area contributed by atoms with Gasteiger partial charge in [-0.25, -0.2) is 0 Å². The van der Waals surface area contributed by atoms with E-state index in [0.29, 0.717) is 14.5 Å². The Hall–Kier alpha value is -0.781. The standard InChI is InChI=1S/C12H12Se/c1-3-4-11-8-10-7-9(2)5-6-12(10)13-11/h3,5-8H,1,4H2,2H3. The van der Waals surface area contributed by atoms with E-state index in [1.165, 1.54) is 15.2 Å². The van der Waals surface area contributed by atoms with E-state index in [0.717, 1.165) is 6.42 Å². The molecule has 0 radical (unpaired) electrons. The van der Waals surface area contributed by atoms with E-state index in [2.05, 4.69) is 37.8 Å². The summed E-state index contributed by atoms with van der Waals surface area (Å²) in [5, 5.41) is 1.43. The zero-order valence-electron chi connectivity index (χ0n) is 7.71. The quantitative estimate of drug-likeness (QED) is 0.554. The van der Waals surface area contributed by atoms with Crippen molar-refractivity contribution in [3.8, 4) is 0 Å². The molecule has 0 spiro atoms. The number of allylic oxidation sites excluding steroid dienone is 1. The Balaban J connectivity index is 2.55. The summed E-state index contributed by atoms with van der Waals surface area (Å²) < 4.78 is 3.07.